The van der Waals surface area contributed by atoms with Gasteiger partial charge in [-0.3, -0.25) is 4.79 Å². The lowest BCUT2D eigenvalue weighted by molar-refractivity contribution is 0.0527. The molecule has 3 N–H and O–H groups in total. The van der Waals surface area contributed by atoms with Gasteiger partial charge in [-0.05, 0) is 19.8 Å². The van der Waals surface area contributed by atoms with Gasteiger partial charge in [-0.1, -0.05) is 18.2 Å². The van der Waals surface area contributed by atoms with E-state index in [1.807, 2.05) is 0 Å². The second-order valence-corrected chi connectivity index (χ2v) is 8.09. The van der Waals surface area contributed by atoms with E-state index in [0.717, 1.165) is 48.1 Å². The zero-order valence-corrected chi connectivity index (χ0v) is 17.0. The van der Waals surface area contributed by atoms with Crippen molar-refractivity contribution in [3.8, 4) is 0 Å². The third kappa shape index (κ3) is 4.11. The van der Waals surface area contributed by atoms with Crippen molar-refractivity contribution in [1.82, 2.24) is 20.1 Å². The Morgan fingerprint density at radius 3 is 2.89 bits per heavy atom. The van der Waals surface area contributed by atoms with Gasteiger partial charge in [0.15, 0.2) is 5.16 Å². The van der Waals surface area contributed by atoms with Gasteiger partial charge in [-0.15, -0.1) is 21.5 Å². The number of hydrogen-bond acceptors (Lipinski definition) is 8. The van der Waals surface area contributed by atoms with Gasteiger partial charge in [0.1, 0.15) is 10.8 Å². The Kier molecular flexibility index (Phi) is 6.38. The molecule has 0 aliphatic carbocycles. The molecule has 3 rings (SSSR count). The highest BCUT2D eigenvalue weighted by Gasteiger charge is 2.27. The molecule has 0 saturated carbocycles. The number of carbonyl (C=O) groups excluding carboxylic acids is 2. The Hall–Kier alpha value is -2.07. The zero-order valence-electron chi connectivity index (χ0n) is 15.4. The van der Waals surface area contributed by atoms with E-state index in [1.165, 1.54) is 18.2 Å². The van der Waals surface area contributed by atoms with Crippen LogP contribution < -0.4 is 11.1 Å². The van der Waals surface area contributed by atoms with E-state index in [9.17, 15) is 9.59 Å². The van der Waals surface area contributed by atoms with Crippen molar-refractivity contribution in [2.75, 3.05) is 19.4 Å². The van der Waals surface area contributed by atoms with Crippen LogP contribution in [0.2, 0.25) is 0 Å². The summed E-state index contributed by atoms with van der Waals surface area (Å²) in [5, 5.41) is 12.3. The van der Waals surface area contributed by atoms with Crippen molar-refractivity contribution in [3.63, 3.8) is 0 Å². The van der Waals surface area contributed by atoms with Gasteiger partial charge >= 0.3 is 5.97 Å². The number of nitrogens with zero attached hydrogens (tertiary/aromatic N) is 3. The Balaban J connectivity index is 1.90. The molecule has 0 atom stereocenters. The zero-order chi connectivity index (χ0) is 19.4. The van der Waals surface area contributed by atoms with E-state index < -0.39 is 5.97 Å². The average molecular weight is 410 g/mol. The number of ether oxygens (including phenoxy) is 1. The minimum Gasteiger partial charge on any atom is -0.462 e. The topological polar surface area (TPSA) is 112 Å². The van der Waals surface area contributed by atoms with E-state index in [0.29, 0.717) is 21.2 Å². The lowest BCUT2D eigenvalue weighted by Crippen LogP contribution is -2.18. The third-order valence-electron chi connectivity index (χ3n) is 4.37. The van der Waals surface area contributed by atoms with Crippen molar-refractivity contribution >= 4 is 40.0 Å². The number of aromatic nitrogens is 3. The maximum atomic E-state index is 12.4. The van der Waals surface area contributed by atoms with Gasteiger partial charge in [-0.2, -0.15) is 0 Å². The number of nitrogens with one attached hydrogen (secondary N) is 1. The number of nitrogen functional groups attached to an aromatic ring is 1. The largest absolute Gasteiger partial charge is 0.462 e. The summed E-state index contributed by atoms with van der Waals surface area (Å²) in [4.78, 5) is 25.1. The number of rotatable bonds is 6. The van der Waals surface area contributed by atoms with Gasteiger partial charge in [0.25, 0.3) is 5.91 Å². The van der Waals surface area contributed by atoms with Crippen molar-refractivity contribution in [2.24, 2.45) is 0 Å². The molecule has 2 aromatic rings. The molecule has 0 radical (unpaired) electrons. The van der Waals surface area contributed by atoms with E-state index in [2.05, 4.69) is 20.1 Å². The Labute approximate surface area is 165 Å². The molecule has 10 heteroatoms. The summed E-state index contributed by atoms with van der Waals surface area (Å²) >= 11 is 2.57. The summed E-state index contributed by atoms with van der Waals surface area (Å²) in [5.41, 5.74) is 6.91. The highest BCUT2D eigenvalue weighted by Crippen LogP contribution is 2.36. The van der Waals surface area contributed by atoms with Crippen molar-refractivity contribution in [1.29, 1.82) is 0 Å². The number of nitrogens with two attached hydrogens (primary N) is 1. The van der Waals surface area contributed by atoms with Gasteiger partial charge in [0.05, 0.1) is 17.0 Å². The molecule has 0 spiro atoms. The van der Waals surface area contributed by atoms with Crippen LogP contribution in [0.15, 0.2) is 5.16 Å². The first-order chi connectivity index (χ1) is 13.1. The molecular formula is C17H23N5O3S2. The Bertz CT molecular complexity index is 846. The molecule has 1 amide bonds. The van der Waals surface area contributed by atoms with Crippen molar-refractivity contribution < 1.29 is 14.3 Å². The van der Waals surface area contributed by atoms with Crippen LogP contribution >= 0.6 is 23.1 Å². The highest BCUT2D eigenvalue weighted by atomic mass is 32.2. The molecule has 3 heterocycles. The number of fused-ring (bicyclic) bond motifs is 1. The van der Waals surface area contributed by atoms with Crippen LogP contribution in [-0.2, 0) is 23.5 Å². The minimum absolute atomic E-state index is 0.244. The number of anilines is 1. The number of thiophene rings is 1. The number of hydrogen-bond donors (Lipinski definition) is 2. The molecule has 0 aromatic carbocycles. The molecule has 0 fully saturated rings. The maximum absolute atomic E-state index is 12.4. The molecule has 0 bridgehead atoms. The van der Waals surface area contributed by atoms with Crippen LogP contribution in [0, 0.1) is 0 Å². The van der Waals surface area contributed by atoms with Gasteiger partial charge in [-0.25, -0.2) is 4.79 Å². The summed E-state index contributed by atoms with van der Waals surface area (Å²) in [7, 11) is 1.55. The highest BCUT2D eigenvalue weighted by molar-refractivity contribution is 7.98. The molecule has 1 aliphatic heterocycles. The van der Waals surface area contributed by atoms with Crippen molar-refractivity contribution in [3.05, 3.63) is 21.8 Å². The quantitative estimate of drug-likeness (QED) is 0.557. The fraction of sp³-hybridized carbons (Fsp3) is 0.529. The number of aryl methyl sites for hydroxylation is 1. The van der Waals surface area contributed by atoms with Crippen molar-refractivity contribution in [2.45, 2.75) is 50.1 Å². The SMILES string of the molecule is CCOC(=O)c1c(N)sc(C(=O)NC)c1CSc1nnc2n1CCCCC2. The molecule has 8 nitrogen and oxygen atoms in total. The fourth-order valence-electron chi connectivity index (χ4n) is 3.05. The summed E-state index contributed by atoms with van der Waals surface area (Å²) < 4.78 is 7.27. The van der Waals surface area contributed by atoms with Crippen LogP contribution in [0.3, 0.4) is 0 Å². The number of thioether (sulfide) groups is 1. The van der Waals surface area contributed by atoms with Crippen LogP contribution in [0.5, 0.6) is 0 Å². The van der Waals surface area contributed by atoms with Crippen LogP contribution in [0.25, 0.3) is 0 Å². The second kappa shape index (κ2) is 8.75. The van der Waals surface area contributed by atoms with E-state index in [-0.39, 0.29) is 18.1 Å². The smallest absolute Gasteiger partial charge is 0.341 e. The Morgan fingerprint density at radius 1 is 1.33 bits per heavy atom. The van der Waals surface area contributed by atoms with Crippen LogP contribution in [-0.4, -0.2) is 40.3 Å². The first-order valence-corrected chi connectivity index (χ1v) is 10.7. The predicted molar refractivity (Wildman–Crippen MR) is 105 cm³/mol. The first kappa shape index (κ1) is 19.7. The molecule has 0 saturated heterocycles. The second-order valence-electron chi connectivity index (χ2n) is 6.10. The number of esters is 1. The van der Waals surface area contributed by atoms with Crippen LogP contribution in [0.1, 0.15) is 57.6 Å². The normalized spacial score (nSPS) is 13.7. The standard InChI is InChI=1S/C17H23N5O3S2/c1-3-25-16(24)12-10(13(15(23)19-2)27-14(12)18)9-26-17-21-20-11-7-5-4-6-8-22(11)17/h3-9,18H2,1-2H3,(H,19,23). The molecule has 2 aromatic heterocycles. The summed E-state index contributed by atoms with van der Waals surface area (Å²) in [5.74, 6) is 0.620. The number of amides is 1. The molecule has 0 unspecified atom stereocenters. The maximum Gasteiger partial charge on any atom is 0.341 e. The summed E-state index contributed by atoms with van der Waals surface area (Å²) in [6.45, 7) is 2.87. The Morgan fingerprint density at radius 2 is 2.15 bits per heavy atom. The van der Waals surface area contributed by atoms with E-state index >= 15 is 0 Å². The number of carbonyl (C=O) groups is 2. The molecule has 27 heavy (non-hydrogen) atoms. The lowest BCUT2D eigenvalue weighted by atomic mass is 10.1. The summed E-state index contributed by atoms with van der Waals surface area (Å²) in [6, 6.07) is 0. The lowest BCUT2D eigenvalue weighted by Gasteiger charge is -2.09. The molecule has 146 valence electrons. The predicted octanol–water partition coefficient (Wildman–Crippen LogP) is 2.48. The van der Waals surface area contributed by atoms with Crippen LogP contribution in [0.4, 0.5) is 5.00 Å². The molecule has 1 aliphatic rings. The average Bonchev–Trinajstić information content (AvgIpc) is 3.10. The fourth-order valence-corrected chi connectivity index (χ4v) is 5.17. The summed E-state index contributed by atoms with van der Waals surface area (Å²) in [6.07, 6.45) is 4.33. The van der Waals surface area contributed by atoms with E-state index in [4.69, 9.17) is 10.5 Å². The first-order valence-electron chi connectivity index (χ1n) is 8.92. The van der Waals surface area contributed by atoms with Gasteiger partial charge in [0, 0.05) is 31.3 Å². The van der Waals surface area contributed by atoms with Gasteiger partial charge in [0.2, 0.25) is 0 Å². The van der Waals surface area contributed by atoms with Gasteiger partial charge < -0.3 is 20.4 Å². The monoisotopic (exact) mass is 409 g/mol. The third-order valence-corrected chi connectivity index (χ3v) is 6.42. The minimum atomic E-state index is -0.503. The molecular weight excluding hydrogens is 386 g/mol. The van der Waals surface area contributed by atoms with E-state index in [1.54, 1.807) is 14.0 Å².